The zero-order valence-electron chi connectivity index (χ0n) is 8.91. The van der Waals surface area contributed by atoms with Crippen LogP contribution in [0.1, 0.15) is 58.8 Å². The molecule has 0 heterocycles. The molecule has 13 heavy (non-hydrogen) atoms. The third-order valence-electron chi connectivity index (χ3n) is 2.38. The summed E-state index contributed by atoms with van der Waals surface area (Å²) in [5.74, 6) is 0.766. The van der Waals surface area contributed by atoms with Gasteiger partial charge in [-0.3, -0.25) is 0 Å². The van der Waals surface area contributed by atoms with E-state index in [0.717, 1.165) is 31.6 Å². The number of unbranched alkanes of at least 4 members (excludes halogenated alkanes) is 3. The summed E-state index contributed by atoms with van der Waals surface area (Å²) in [6.45, 7) is 4.37. The molecule has 0 rings (SSSR count). The van der Waals surface area contributed by atoms with E-state index in [1.54, 1.807) is 0 Å². The molecule has 0 nitrogen and oxygen atoms in total. The van der Waals surface area contributed by atoms with Crippen molar-refractivity contribution in [1.29, 1.82) is 0 Å². The smallest absolute Gasteiger partial charge is 0.0418 e. The SMILES string of the molecule is CCCCCC(C)(Cl)CCCCCl. The maximum absolute atomic E-state index is 6.36. The molecule has 0 spiro atoms. The van der Waals surface area contributed by atoms with Crippen LogP contribution in [0.4, 0.5) is 0 Å². The molecule has 2 heteroatoms. The summed E-state index contributed by atoms with van der Waals surface area (Å²) in [6, 6.07) is 0. The quantitative estimate of drug-likeness (QED) is 0.404. The fourth-order valence-electron chi connectivity index (χ4n) is 1.46. The molecule has 0 N–H and O–H groups in total. The van der Waals surface area contributed by atoms with Crippen molar-refractivity contribution in [2.75, 3.05) is 5.88 Å². The van der Waals surface area contributed by atoms with Gasteiger partial charge in [-0.05, 0) is 26.2 Å². The van der Waals surface area contributed by atoms with Gasteiger partial charge in [-0.1, -0.05) is 32.6 Å². The molecular weight excluding hydrogens is 203 g/mol. The zero-order valence-corrected chi connectivity index (χ0v) is 10.4. The minimum atomic E-state index is 0.0151. The largest absolute Gasteiger partial charge is 0.127 e. The van der Waals surface area contributed by atoms with Crippen LogP contribution in [0.15, 0.2) is 0 Å². The molecule has 80 valence electrons. The van der Waals surface area contributed by atoms with Crippen molar-refractivity contribution in [1.82, 2.24) is 0 Å². The molecule has 0 aromatic heterocycles. The van der Waals surface area contributed by atoms with Crippen LogP contribution in [0.2, 0.25) is 0 Å². The zero-order chi connectivity index (χ0) is 10.2. The Morgan fingerprint density at radius 2 is 1.54 bits per heavy atom. The maximum Gasteiger partial charge on any atom is 0.0418 e. The second-order valence-electron chi connectivity index (χ2n) is 4.02. The molecule has 1 atom stereocenters. The number of alkyl halides is 2. The summed E-state index contributed by atoms with van der Waals surface area (Å²) in [5.41, 5.74) is 0. The minimum Gasteiger partial charge on any atom is -0.127 e. The van der Waals surface area contributed by atoms with Crippen molar-refractivity contribution < 1.29 is 0 Å². The Morgan fingerprint density at radius 3 is 2.00 bits per heavy atom. The van der Waals surface area contributed by atoms with Gasteiger partial charge >= 0.3 is 0 Å². The van der Waals surface area contributed by atoms with Crippen molar-refractivity contribution >= 4 is 23.2 Å². The van der Waals surface area contributed by atoms with E-state index in [-0.39, 0.29) is 4.87 Å². The average Bonchev–Trinajstić information content (AvgIpc) is 2.05. The topological polar surface area (TPSA) is 0 Å². The Bertz CT molecular complexity index is 98.7. The summed E-state index contributed by atoms with van der Waals surface area (Å²) >= 11 is 12.0. The van der Waals surface area contributed by atoms with E-state index < -0.39 is 0 Å². The lowest BCUT2D eigenvalue weighted by Gasteiger charge is -2.21. The van der Waals surface area contributed by atoms with Gasteiger partial charge in [-0.15, -0.1) is 23.2 Å². The van der Waals surface area contributed by atoms with E-state index in [1.807, 2.05) is 0 Å². The first-order chi connectivity index (χ1) is 6.12. The second kappa shape index (κ2) is 7.94. The van der Waals surface area contributed by atoms with E-state index in [4.69, 9.17) is 23.2 Å². The lowest BCUT2D eigenvalue weighted by molar-refractivity contribution is 0.481. The highest BCUT2D eigenvalue weighted by molar-refractivity contribution is 6.23. The summed E-state index contributed by atoms with van der Waals surface area (Å²) in [4.78, 5) is 0.0151. The van der Waals surface area contributed by atoms with Crippen LogP contribution in [0.25, 0.3) is 0 Å². The third-order valence-corrected chi connectivity index (χ3v) is 3.03. The van der Waals surface area contributed by atoms with Gasteiger partial charge < -0.3 is 0 Å². The van der Waals surface area contributed by atoms with Crippen molar-refractivity contribution in [2.24, 2.45) is 0 Å². The maximum atomic E-state index is 6.36. The van der Waals surface area contributed by atoms with Crippen molar-refractivity contribution in [3.63, 3.8) is 0 Å². The predicted molar refractivity (Wildman–Crippen MR) is 63.0 cm³/mol. The molecule has 0 aromatic carbocycles. The molecule has 0 fully saturated rings. The summed E-state index contributed by atoms with van der Waals surface area (Å²) in [5, 5.41) is 0. The van der Waals surface area contributed by atoms with Gasteiger partial charge in [0.2, 0.25) is 0 Å². The first kappa shape index (κ1) is 13.6. The van der Waals surface area contributed by atoms with Crippen LogP contribution < -0.4 is 0 Å². The van der Waals surface area contributed by atoms with E-state index >= 15 is 0 Å². The Labute approximate surface area is 93.0 Å². The van der Waals surface area contributed by atoms with Gasteiger partial charge in [0.1, 0.15) is 0 Å². The Kier molecular flexibility index (Phi) is 8.29. The lowest BCUT2D eigenvalue weighted by atomic mass is 9.96. The molecule has 0 bridgehead atoms. The normalized spacial score (nSPS) is 15.7. The van der Waals surface area contributed by atoms with Crippen LogP contribution in [0.5, 0.6) is 0 Å². The van der Waals surface area contributed by atoms with Gasteiger partial charge in [0, 0.05) is 10.8 Å². The lowest BCUT2D eigenvalue weighted by Crippen LogP contribution is -2.15. The molecule has 1 unspecified atom stereocenters. The van der Waals surface area contributed by atoms with Crippen LogP contribution >= 0.6 is 23.2 Å². The molecule has 0 aliphatic rings. The molecule has 0 aliphatic heterocycles. The molecule has 0 radical (unpaired) electrons. The first-order valence-electron chi connectivity index (χ1n) is 5.37. The fraction of sp³-hybridized carbons (Fsp3) is 1.00. The molecule has 0 saturated carbocycles. The van der Waals surface area contributed by atoms with Gasteiger partial charge in [0.25, 0.3) is 0 Å². The monoisotopic (exact) mass is 224 g/mol. The van der Waals surface area contributed by atoms with E-state index in [9.17, 15) is 0 Å². The number of hydrogen-bond acceptors (Lipinski definition) is 0. The second-order valence-corrected chi connectivity index (χ2v) is 5.31. The molecule has 0 aliphatic carbocycles. The molecular formula is C11H22Cl2. The minimum absolute atomic E-state index is 0.0151. The van der Waals surface area contributed by atoms with Crippen LogP contribution in [-0.2, 0) is 0 Å². The standard InChI is InChI=1S/C11H22Cl2/c1-3-4-5-8-11(2,13)9-6-7-10-12/h3-10H2,1-2H3. The highest BCUT2D eigenvalue weighted by Gasteiger charge is 2.18. The van der Waals surface area contributed by atoms with Crippen LogP contribution in [0, 0.1) is 0 Å². The Hall–Kier alpha value is 0.580. The first-order valence-corrected chi connectivity index (χ1v) is 6.28. The number of halogens is 2. The third kappa shape index (κ3) is 8.90. The van der Waals surface area contributed by atoms with Crippen molar-refractivity contribution in [2.45, 2.75) is 63.7 Å². The van der Waals surface area contributed by atoms with E-state index in [0.29, 0.717) is 0 Å². The predicted octanol–water partition coefficient (Wildman–Crippen LogP) is 4.97. The highest BCUT2D eigenvalue weighted by atomic mass is 35.5. The van der Waals surface area contributed by atoms with Crippen LogP contribution in [0.3, 0.4) is 0 Å². The van der Waals surface area contributed by atoms with Crippen LogP contribution in [-0.4, -0.2) is 10.8 Å². The Balaban J connectivity index is 3.42. The van der Waals surface area contributed by atoms with E-state index in [2.05, 4.69) is 13.8 Å². The molecule has 0 amide bonds. The summed E-state index contributed by atoms with van der Waals surface area (Å²) < 4.78 is 0. The number of rotatable bonds is 8. The van der Waals surface area contributed by atoms with Crippen molar-refractivity contribution in [3.8, 4) is 0 Å². The summed E-state index contributed by atoms with van der Waals surface area (Å²) in [6.07, 6.45) is 8.34. The van der Waals surface area contributed by atoms with Gasteiger partial charge in [-0.25, -0.2) is 0 Å². The van der Waals surface area contributed by atoms with Gasteiger partial charge in [0.15, 0.2) is 0 Å². The molecule has 0 saturated heterocycles. The average molecular weight is 225 g/mol. The fourth-order valence-corrected chi connectivity index (χ4v) is 1.91. The van der Waals surface area contributed by atoms with Crippen molar-refractivity contribution in [3.05, 3.63) is 0 Å². The highest BCUT2D eigenvalue weighted by Crippen LogP contribution is 2.28. The molecule has 0 aromatic rings. The van der Waals surface area contributed by atoms with E-state index in [1.165, 1.54) is 19.3 Å². The number of hydrogen-bond donors (Lipinski definition) is 0. The van der Waals surface area contributed by atoms with Gasteiger partial charge in [-0.2, -0.15) is 0 Å². The Morgan fingerprint density at radius 1 is 1.00 bits per heavy atom. The summed E-state index contributed by atoms with van der Waals surface area (Å²) in [7, 11) is 0. The van der Waals surface area contributed by atoms with Gasteiger partial charge in [0.05, 0.1) is 0 Å².